The fraction of sp³-hybridized carbons (Fsp3) is 0. The molecule has 0 bridgehead atoms. The van der Waals surface area contributed by atoms with Gasteiger partial charge in [-0.1, -0.05) is 30.3 Å². The number of hydrogen-bond donors (Lipinski definition) is 2. The van der Waals surface area contributed by atoms with Gasteiger partial charge < -0.3 is 10.1 Å². The molecule has 1 heterocycles. The molecule has 20 heavy (non-hydrogen) atoms. The van der Waals surface area contributed by atoms with Crippen LogP contribution in [0.25, 0.3) is 10.9 Å². The summed E-state index contributed by atoms with van der Waals surface area (Å²) in [5, 5.41) is 10.4. The van der Waals surface area contributed by atoms with E-state index in [2.05, 4.69) is 4.98 Å². The van der Waals surface area contributed by atoms with Gasteiger partial charge in [-0.2, -0.15) is 0 Å². The number of rotatable bonds is 0. The van der Waals surface area contributed by atoms with Crippen molar-refractivity contribution in [3.05, 3.63) is 64.8 Å². The number of hydrogen-bond acceptors (Lipinski definition) is 3. The average Bonchev–Trinajstić information content (AvgIpc) is 2.86. The van der Waals surface area contributed by atoms with Gasteiger partial charge >= 0.3 is 0 Å². The molecule has 1 aromatic heterocycles. The maximum absolute atomic E-state index is 12.6. The number of phenols is 1. The van der Waals surface area contributed by atoms with E-state index in [-0.39, 0.29) is 28.6 Å². The molecule has 0 aliphatic heterocycles. The number of carbonyl (C=O) groups is 2. The molecule has 4 rings (SSSR count). The van der Waals surface area contributed by atoms with Crippen LogP contribution >= 0.6 is 0 Å². The Balaban J connectivity index is 2.16. The van der Waals surface area contributed by atoms with E-state index in [0.717, 1.165) is 0 Å². The molecular weight excluding hydrogens is 254 g/mol. The van der Waals surface area contributed by atoms with Gasteiger partial charge in [0.15, 0.2) is 5.78 Å². The molecule has 1 aliphatic carbocycles. The summed E-state index contributed by atoms with van der Waals surface area (Å²) in [6.45, 7) is 0. The predicted octanol–water partition coefficient (Wildman–Crippen LogP) is 2.65. The number of aromatic nitrogens is 1. The molecule has 0 unspecified atom stereocenters. The van der Waals surface area contributed by atoms with Gasteiger partial charge in [0, 0.05) is 11.1 Å². The lowest BCUT2D eigenvalue weighted by Gasteiger charge is -2.13. The number of benzene rings is 2. The zero-order valence-corrected chi connectivity index (χ0v) is 10.3. The molecule has 0 saturated heterocycles. The molecule has 0 atom stereocenters. The molecule has 0 amide bonds. The lowest BCUT2D eigenvalue weighted by atomic mass is 9.87. The van der Waals surface area contributed by atoms with Crippen LogP contribution in [-0.4, -0.2) is 21.7 Å². The van der Waals surface area contributed by atoms with E-state index in [9.17, 15) is 14.7 Å². The van der Waals surface area contributed by atoms with Gasteiger partial charge in [0.25, 0.3) is 0 Å². The van der Waals surface area contributed by atoms with Crippen molar-refractivity contribution in [1.29, 1.82) is 0 Å². The van der Waals surface area contributed by atoms with E-state index in [1.54, 1.807) is 36.4 Å². The summed E-state index contributed by atoms with van der Waals surface area (Å²) in [4.78, 5) is 28.0. The summed E-state index contributed by atoms with van der Waals surface area (Å²) in [6, 6.07) is 11.6. The van der Waals surface area contributed by atoms with E-state index in [1.165, 1.54) is 6.07 Å². The minimum absolute atomic E-state index is 0.000492. The molecule has 0 spiro atoms. The van der Waals surface area contributed by atoms with Crippen molar-refractivity contribution in [3.8, 4) is 5.75 Å². The van der Waals surface area contributed by atoms with E-state index in [1.807, 2.05) is 0 Å². The normalized spacial score (nSPS) is 13.4. The number of aromatic hydroxyl groups is 1. The Morgan fingerprint density at radius 3 is 2.30 bits per heavy atom. The summed E-state index contributed by atoms with van der Waals surface area (Å²) in [7, 11) is 0. The summed E-state index contributed by atoms with van der Waals surface area (Å²) < 4.78 is 0. The van der Waals surface area contributed by atoms with Gasteiger partial charge in [0.1, 0.15) is 5.75 Å². The molecule has 2 aromatic carbocycles. The smallest absolute Gasteiger partial charge is 0.210 e. The Kier molecular flexibility index (Phi) is 1.96. The number of carbonyl (C=O) groups excluding carboxylic acids is 2. The van der Waals surface area contributed by atoms with Crippen molar-refractivity contribution in [3.63, 3.8) is 0 Å². The molecule has 0 fully saturated rings. The van der Waals surface area contributed by atoms with Crippen LogP contribution in [-0.2, 0) is 0 Å². The highest BCUT2D eigenvalue weighted by Crippen LogP contribution is 2.36. The van der Waals surface area contributed by atoms with E-state index in [4.69, 9.17) is 0 Å². The summed E-state index contributed by atoms with van der Waals surface area (Å²) in [5.74, 6) is -0.450. The van der Waals surface area contributed by atoms with Crippen molar-refractivity contribution in [1.82, 2.24) is 4.98 Å². The average molecular weight is 263 g/mol. The van der Waals surface area contributed by atoms with Crippen molar-refractivity contribution in [2.75, 3.05) is 0 Å². The highest BCUT2D eigenvalue weighted by molar-refractivity contribution is 6.32. The molecule has 4 nitrogen and oxygen atoms in total. The van der Waals surface area contributed by atoms with Crippen LogP contribution in [0.2, 0.25) is 0 Å². The number of fused-ring (bicyclic) bond motifs is 4. The third kappa shape index (κ3) is 1.20. The van der Waals surface area contributed by atoms with Crippen molar-refractivity contribution in [2.45, 2.75) is 0 Å². The second kappa shape index (κ2) is 3.57. The minimum atomic E-state index is -0.233. The first-order chi connectivity index (χ1) is 9.68. The SMILES string of the molecule is O=C1c2ccccc2C(=O)c2c1[nH]c1cccc(O)c21. The lowest BCUT2D eigenvalue weighted by Crippen LogP contribution is -2.20. The molecule has 1 aliphatic rings. The number of nitrogens with one attached hydrogen (secondary N) is 1. The van der Waals surface area contributed by atoms with Crippen LogP contribution < -0.4 is 0 Å². The van der Waals surface area contributed by atoms with Crippen LogP contribution in [0.5, 0.6) is 5.75 Å². The fourth-order valence-electron chi connectivity index (χ4n) is 2.78. The van der Waals surface area contributed by atoms with Crippen LogP contribution in [0.4, 0.5) is 0 Å². The number of ketones is 2. The predicted molar refractivity (Wildman–Crippen MR) is 73.3 cm³/mol. The van der Waals surface area contributed by atoms with E-state index >= 15 is 0 Å². The third-order valence-corrected chi connectivity index (χ3v) is 3.67. The second-order valence-electron chi connectivity index (χ2n) is 4.78. The molecule has 0 radical (unpaired) electrons. The van der Waals surface area contributed by atoms with Gasteiger partial charge in [-0.05, 0) is 12.1 Å². The Labute approximate surface area is 113 Å². The highest BCUT2D eigenvalue weighted by Gasteiger charge is 2.33. The van der Waals surface area contributed by atoms with Gasteiger partial charge in [0.05, 0.1) is 22.2 Å². The topological polar surface area (TPSA) is 70.2 Å². The first-order valence-electron chi connectivity index (χ1n) is 6.20. The highest BCUT2D eigenvalue weighted by atomic mass is 16.3. The number of aromatic amines is 1. The van der Waals surface area contributed by atoms with Crippen LogP contribution in [0.3, 0.4) is 0 Å². The first-order valence-corrected chi connectivity index (χ1v) is 6.20. The van der Waals surface area contributed by atoms with Crippen molar-refractivity contribution in [2.24, 2.45) is 0 Å². The quantitative estimate of drug-likeness (QED) is 0.512. The molecule has 0 saturated carbocycles. The zero-order chi connectivity index (χ0) is 13.9. The third-order valence-electron chi connectivity index (χ3n) is 3.67. The summed E-state index contributed by atoms with van der Waals surface area (Å²) >= 11 is 0. The summed E-state index contributed by atoms with van der Waals surface area (Å²) in [6.07, 6.45) is 0. The molecule has 2 N–H and O–H groups in total. The molecule has 96 valence electrons. The number of phenolic OH excluding ortho intramolecular Hbond substituents is 1. The molecule has 4 heteroatoms. The lowest BCUT2D eigenvalue weighted by molar-refractivity contribution is 0.0978. The maximum Gasteiger partial charge on any atom is 0.210 e. The monoisotopic (exact) mass is 263 g/mol. The molecular formula is C16H9NO3. The Morgan fingerprint density at radius 2 is 1.55 bits per heavy atom. The first kappa shape index (κ1) is 11.0. The van der Waals surface area contributed by atoms with Gasteiger partial charge in [-0.3, -0.25) is 9.59 Å². The van der Waals surface area contributed by atoms with Gasteiger partial charge in [0.2, 0.25) is 5.78 Å². The number of H-pyrrole nitrogens is 1. The maximum atomic E-state index is 12.6. The van der Waals surface area contributed by atoms with Crippen LogP contribution in [0.15, 0.2) is 42.5 Å². The van der Waals surface area contributed by atoms with E-state index < -0.39 is 0 Å². The largest absolute Gasteiger partial charge is 0.507 e. The van der Waals surface area contributed by atoms with Crippen LogP contribution in [0.1, 0.15) is 32.0 Å². The second-order valence-corrected chi connectivity index (χ2v) is 4.78. The van der Waals surface area contributed by atoms with Crippen molar-refractivity contribution >= 4 is 22.5 Å². The minimum Gasteiger partial charge on any atom is -0.507 e. The van der Waals surface area contributed by atoms with Crippen molar-refractivity contribution < 1.29 is 14.7 Å². The molecule has 3 aromatic rings. The Hall–Kier alpha value is -2.88. The standard InChI is InChI=1S/C16H9NO3/c18-11-7-3-6-10-12(11)13-14(17-10)16(20)9-5-2-1-4-8(9)15(13)19/h1-7,17-18H. The van der Waals surface area contributed by atoms with Gasteiger partial charge in [-0.15, -0.1) is 0 Å². The Morgan fingerprint density at radius 1 is 0.850 bits per heavy atom. The zero-order valence-electron chi connectivity index (χ0n) is 10.3. The van der Waals surface area contributed by atoms with Gasteiger partial charge in [-0.25, -0.2) is 0 Å². The fourth-order valence-corrected chi connectivity index (χ4v) is 2.78. The summed E-state index contributed by atoms with van der Waals surface area (Å²) in [5.41, 5.74) is 1.89. The van der Waals surface area contributed by atoms with Crippen LogP contribution in [0, 0.1) is 0 Å². The Bertz CT molecular complexity index is 905. The van der Waals surface area contributed by atoms with E-state index in [0.29, 0.717) is 22.0 Å².